The van der Waals surface area contributed by atoms with E-state index < -0.39 is 0 Å². The maximum absolute atomic E-state index is 5.11. The van der Waals surface area contributed by atoms with Crippen LogP contribution in [0.15, 0.2) is 6.20 Å². The highest BCUT2D eigenvalue weighted by Crippen LogP contribution is 2.23. The molecule has 0 amide bonds. The van der Waals surface area contributed by atoms with Crippen LogP contribution in [0.5, 0.6) is 5.88 Å². The van der Waals surface area contributed by atoms with Crippen LogP contribution in [0.3, 0.4) is 0 Å². The van der Waals surface area contributed by atoms with Gasteiger partial charge in [-0.05, 0) is 5.92 Å². The molecule has 0 saturated carbocycles. The van der Waals surface area contributed by atoms with E-state index in [1.807, 2.05) is 0 Å². The van der Waals surface area contributed by atoms with E-state index in [1.165, 1.54) is 0 Å². The third-order valence-electron chi connectivity index (χ3n) is 2.70. The molecule has 0 bridgehead atoms. The second-order valence-electron chi connectivity index (χ2n) is 4.86. The molecule has 2 heterocycles. The summed E-state index contributed by atoms with van der Waals surface area (Å²) >= 11 is 0. The summed E-state index contributed by atoms with van der Waals surface area (Å²) < 4.78 is 5.11. The Kier molecular flexibility index (Phi) is 3.41. The minimum atomic E-state index is 0.273. The normalized spacial score (nSPS) is 11.5. The lowest BCUT2D eigenvalue weighted by Crippen LogP contribution is -2.07. The van der Waals surface area contributed by atoms with Crippen molar-refractivity contribution >= 4 is 11.2 Å². The molecule has 0 atom stereocenters. The molecule has 0 N–H and O–H groups in total. The van der Waals surface area contributed by atoms with Gasteiger partial charge in [0.05, 0.1) is 19.0 Å². The van der Waals surface area contributed by atoms with Gasteiger partial charge in [-0.15, -0.1) is 0 Å². The van der Waals surface area contributed by atoms with Gasteiger partial charge in [-0.25, -0.2) is 19.9 Å². The molecule has 0 fully saturated rings. The molecule has 2 rings (SSSR count). The van der Waals surface area contributed by atoms with E-state index in [1.54, 1.807) is 13.3 Å². The van der Waals surface area contributed by atoms with Gasteiger partial charge in [-0.1, -0.05) is 27.7 Å². The Morgan fingerprint density at radius 3 is 2.28 bits per heavy atom. The van der Waals surface area contributed by atoms with Gasteiger partial charge in [0.25, 0.3) is 0 Å². The van der Waals surface area contributed by atoms with E-state index in [2.05, 4.69) is 47.6 Å². The fourth-order valence-corrected chi connectivity index (χ4v) is 1.69. The lowest BCUT2D eigenvalue weighted by molar-refractivity contribution is 0.397. The first-order valence-corrected chi connectivity index (χ1v) is 6.11. The number of methoxy groups -OCH3 is 1. The summed E-state index contributed by atoms with van der Waals surface area (Å²) in [5.41, 5.74) is 2.29. The highest BCUT2D eigenvalue weighted by Gasteiger charge is 2.15. The summed E-state index contributed by atoms with van der Waals surface area (Å²) in [5, 5.41) is 0. The lowest BCUT2D eigenvalue weighted by Gasteiger charge is -2.12. The summed E-state index contributed by atoms with van der Waals surface area (Å²) in [6, 6.07) is 0. The molecular formula is C13H18N4O. The first-order chi connectivity index (χ1) is 8.52. The number of rotatable bonds is 3. The van der Waals surface area contributed by atoms with Gasteiger partial charge >= 0.3 is 0 Å². The fraction of sp³-hybridized carbons (Fsp3) is 0.538. The van der Waals surface area contributed by atoms with Crippen LogP contribution in [-0.4, -0.2) is 27.0 Å². The zero-order valence-electron chi connectivity index (χ0n) is 11.4. The highest BCUT2D eigenvalue weighted by molar-refractivity contribution is 5.73. The SMILES string of the molecule is COc1cnc2nc(C(C)C)nc(C(C)C)c2n1. The Labute approximate surface area is 107 Å². The molecule has 5 nitrogen and oxygen atoms in total. The van der Waals surface area contributed by atoms with Crippen LogP contribution in [0.25, 0.3) is 11.2 Å². The molecular weight excluding hydrogens is 228 g/mol. The number of fused-ring (bicyclic) bond motifs is 1. The van der Waals surface area contributed by atoms with E-state index >= 15 is 0 Å². The predicted octanol–water partition coefficient (Wildman–Crippen LogP) is 2.68. The molecule has 2 aromatic heterocycles. The minimum absolute atomic E-state index is 0.273. The largest absolute Gasteiger partial charge is 0.480 e. The smallest absolute Gasteiger partial charge is 0.232 e. The Morgan fingerprint density at radius 2 is 1.72 bits per heavy atom. The zero-order chi connectivity index (χ0) is 13.3. The zero-order valence-corrected chi connectivity index (χ0v) is 11.4. The molecule has 0 aliphatic carbocycles. The molecule has 0 spiro atoms. The molecule has 0 aliphatic rings. The van der Waals surface area contributed by atoms with Gasteiger partial charge in [0, 0.05) is 5.92 Å². The maximum Gasteiger partial charge on any atom is 0.232 e. The van der Waals surface area contributed by atoms with Gasteiger partial charge in [0.15, 0.2) is 5.65 Å². The number of nitrogens with zero attached hydrogens (tertiary/aromatic N) is 4. The Morgan fingerprint density at radius 1 is 1.00 bits per heavy atom. The number of aromatic nitrogens is 4. The molecule has 5 heteroatoms. The third kappa shape index (κ3) is 2.25. The number of hydrogen-bond acceptors (Lipinski definition) is 5. The minimum Gasteiger partial charge on any atom is -0.480 e. The van der Waals surface area contributed by atoms with Crippen LogP contribution in [0.1, 0.15) is 51.0 Å². The molecule has 96 valence electrons. The van der Waals surface area contributed by atoms with Crippen molar-refractivity contribution < 1.29 is 4.74 Å². The predicted molar refractivity (Wildman–Crippen MR) is 69.9 cm³/mol. The molecule has 18 heavy (non-hydrogen) atoms. The maximum atomic E-state index is 5.11. The van der Waals surface area contributed by atoms with Crippen molar-refractivity contribution in [1.29, 1.82) is 0 Å². The third-order valence-corrected chi connectivity index (χ3v) is 2.70. The topological polar surface area (TPSA) is 60.8 Å². The van der Waals surface area contributed by atoms with Crippen LogP contribution in [0.2, 0.25) is 0 Å². The highest BCUT2D eigenvalue weighted by atomic mass is 16.5. The quantitative estimate of drug-likeness (QED) is 0.833. The Balaban J connectivity index is 2.73. The van der Waals surface area contributed by atoms with Crippen molar-refractivity contribution in [3.05, 3.63) is 17.7 Å². The first-order valence-electron chi connectivity index (χ1n) is 6.11. The van der Waals surface area contributed by atoms with Gasteiger partial charge < -0.3 is 4.74 Å². The van der Waals surface area contributed by atoms with E-state index in [9.17, 15) is 0 Å². The van der Waals surface area contributed by atoms with Crippen LogP contribution < -0.4 is 4.74 Å². The van der Waals surface area contributed by atoms with Gasteiger partial charge in [-0.3, -0.25) is 0 Å². The van der Waals surface area contributed by atoms with E-state index in [4.69, 9.17) is 4.74 Å². The molecule has 0 radical (unpaired) electrons. The van der Waals surface area contributed by atoms with Crippen molar-refractivity contribution in [3.63, 3.8) is 0 Å². The Bertz CT molecular complexity index is 566. The van der Waals surface area contributed by atoms with Gasteiger partial charge in [0.1, 0.15) is 11.3 Å². The number of hydrogen-bond donors (Lipinski definition) is 0. The van der Waals surface area contributed by atoms with Crippen molar-refractivity contribution in [2.45, 2.75) is 39.5 Å². The average molecular weight is 246 g/mol. The van der Waals surface area contributed by atoms with Crippen molar-refractivity contribution in [2.75, 3.05) is 7.11 Å². The van der Waals surface area contributed by atoms with Crippen LogP contribution in [0.4, 0.5) is 0 Å². The average Bonchev–Trinajstić information content (AvgIpc) is 2.36. The number of ether oxygens (including phenoxy) is 1. The van der Waals surface area contributed by atoms with E-state index in [-0.39, 0.29) is 11.8 Å². The van der Waals surface area contributed by atoms with Crippen molar-refractivity contribution in [3.8, 4) is 5.88 Å². The van der Waals surface area contributed by atoms with E-state index in [0.29, 0.717) is 11.5 Å². The first kappa shape index (κ1) is 12.7. The summed E-state index contributed by atoms with van der Waals surface area (Å²) in [5.74, 6) is 1.85. The van der Waals surface area contributed by atoms with Crippen molar-refractivity contribution in [2.24, 2.45) is 0 Å². The second kappa shape index (κ2) is 4.84. The van der Waals surface area contributed by atoms with Crippen LogP contribution >= 0.6 is 0 Å². The lowest BCUT2D eigenvalue weighted by atomic mass is 10.1. The summed E-state index contributed by atoms with van der Waals surface area (Å²) in [7, 11) is 1.58. The fourth-order valence-electron chi connectivity index (χ4n) is 1.69. The van der Waals surface area contributed by atoms with Gasteiger partial charge in [-0.2, -0.15) is 0 Å². The molecule has 2 aromatic rings. The standard InChI is InChI=1S/C13H18N4O/c1-7(2)10-11-13(14-6-9(15-11)18-5)17-12(16-10)8(3)4/h6-8H,1-5H3. The molecule has 0 aromatic carbocycles. The van der Waals surface area contributed by atoms with Crippen LogP contribution in [0, 0.1) is 0 Å². The summed E-state index contributed by atoms with van der Waals surface area (Å²) in [6.07, 6.45) is 1.59. The second-order valence-corrected chi connectivity index (χ2v) is 4.86. The molecule has 0 unspecified atom stereocenters. The monoisotopic (exact) mass is 246 g/mol. The van der Waals surface area contributed by atoms with Gasteiger partial charge in [0.2, 0.25) is 5.88 Å². The van der Waals surface area contributed by atoms with Crippen molar-refractivity contribution in [1.82, 2.24) is 19.9 Å². The summed E-state index contributed by atoms with van der Waals surface area (Å²) in [4.78, 5) is 17.8. The van der Waals surface area contributed by atoms with E-state index in [0.717, 1.165) is 17.0 Å². The summed E-state index contributed by atoms with van der Waals surface area (Å²) in [6.45, 7) is 8.32. The molecule has 0 saturated heterocycles. The molecule has 0 aliphatic heterocycles. The van der Waals surface area contributed by atoms with Crippen LogP contribution in [-0.2, 0) is 0 Å². The Hall–Kier alpha value is -1.78.